The fourth-order valence-corrected chi connectivity index (χ4v) is 2.27. The molecule has 1 aromatic carbocycles. The van der Waals surface area contributed by atoms with Gasteiger partial charge in [-0.3, -0.25) is 9.89 Å². The van der Waals surface area contributed by atoms with Gasteiger partial charge in [-0.15, -0.1) is 0 Å². The Hall–Kier alpha value is -2.87. The lowest BCUT2D eigenvalue weighted by atomic mass is 10.1. The molecule has 0 aliphatic rings. The van der Waals surface area contributed by atoms with Crippen LogP contribution in [0.4, 0.5) is 5.82 Å². The standard InChI is InChI=1S/C14H14ClN7O/c1-8(19-14(23)12-11(15)13(16)21-20-12)9-2-4-10(5-3-9)22-7-17-6-18-22/h2-8H,1H3,(H,19,23)(H3,16,20,21). The van der Waals surface area contributed by atoms with Gasteiger partial charge in [0.05, 0.1) is 11.7 Å². The van der Waals surface area contributed by atoms with Crippen LogP contribution >= 0.6 is 11.6 Å². The van der Waals surface area contributed by atoms with Crippen LogP contribution in [0.3, 0.4) is 0 Å². The molecule has 2 aromatic heterocycles. The molecule has 0 aliphatic carbocycles. The number of nitrogen functional groups attached to an aromatic ring is 1. The molecule has 0 fully saturated rings. The van der Waals surface area contributed by atoms with Crippen LogP contribution in [0.5, 0.6) is 0 Å². The van der Waals surface area contributed by atoms with Crippen LogP contribution in [0, 0.1) is 0 Å². The Morgan fingerprint density at radius 2 is 2.13 bits per heavy atom. The molecule has 9 heteroatoms. The predicted molar refractivity (Wildman–Crippen MR) is 85.3 cm³/mol. The maximum atomic E-state index is 12.2. The molecule has 3 aromatic rings. The number of amides is 1. The summed E-state index contributed by atoms with van der Waals surface area (Å²) in [5, 5.41) is 13.2. The largest absolute Gasteiger partial charge is 0.381 e. The number of rotatable bonds is 4. The summed E-state index contributed by atoms with van der Waals surface area (Å²) in [6.45, 7) is 1.87. The van der Waals surface area contributed by atoms with Gasteiger partial charge in [0.1, 0.15) is 23.4 Å². The molecular formula is C14H14ClN7O. The van der Waals surface area contributed by atoms with E-state index in [1.807, 2.05) is 31.2 Å². The van der Waals surface area contributed by atoms with E-state index in [0.717, 1.165) is 11.3 Å². The minimum Gasteiger partial charge on any atom is -0.381 e. The van der Waals surface area contributed by atoms with Gasteiger partial charge in [-0.25, -0.2) is 9.67 Å². The molecule has 0 radical (unpaired) electrons. The first kappa shape index (κ1) is 15.0. The Morgan fingerprint density at radius 1 is 1.39 bits per heavy atom. The number of nitrogens with two attached hydrogens (primary N) is 1. The second-order valence-electron chi connectivity index (χ2n) is 4.92. The van der Waals surface area contributed by atoms with Crippen LogP contribution in [0.1, 0.15) is 29.0 Å². The van der Waals surface area contributed by atoms with E-state index in [2.05, 4.69) is 25.6 Å². The number of H-pyrrole nitrogens is 1. The van der Waals surface area contributed by atoms with Crippen LogP contribution in [-0.4, -0.2) is 30.9 Å². The van der Waals surface area contributed by atoms with Gasteiger partial charge in [0.15, 0.2) is 5.82 Å². The third kappa shape index (κ3) is 3.02. The first-order chi connectivity index (χ1) is 11.1. The van der Waals surface area contributed by atoms with E-state index in [9.17, 15) is 4.79 Å². The maximum absolute atomic E-state index is 12.2. The topological polar surface area (TPSA) is 115 Å². The summed E-state index contributed by atoms with van der Waals surface area (Å²) in [4.78, 5) is 16.1. The first-order valence-electron chi connectivity index (χ1n) is 6.81. The molecule has 1 amide bonds. The monoisotopic (exact) mass is 331 g/mol. The highest BCUT2D eigenvalue weighted by Gasteiger charge is 2.18. The molecule has 0 spiro atoms. The van der Waals surface area contributed by atoms with Crippen molar-refractivity contribution in [2.75, 3.05) is 5.73 Å². The van der Waals surface area contributed by atoms with Gasteiger partial charge in [-0.1, -0.05) is 23.7 Å². The fourth-order valence-electron chi connectivity index (χ4n) is 2.10. The summed E-state index contributed by atoms with van der Waals surface area (Å²) in [5.41, 5.74) is 7.48. The van der Waals surface area contributed by atoms with Gasteiger partial charge in [0.2, 0.25) is 0 Å². The molecule has 0 bridgehead atoms. The van der Waals surface area contributed by atoms with Crippen molar-refractivity contribution in [1.82, 2.24) is 30.3 Å². The molecule has 23 heavy (non-hydrogen) atoms. The molecule has 1 atom stereocenters. The van der Waals surface area contributed by atoms with E-state index in [1.54, 1.807) is 11.0 Å². The third-order valence-corrected chi connectivity index (χ3v) is 3.77. The Morgan fingerprint density at radius 3 is 2.70 bits per heavy atom. The summed E-state index contributed by atoms with van der Waals surface area (Å²) >= 11 is 5.92. The van der Waals surface area contributed by atoms with Gasteiger partial charge >= 0.3 is 0 Å². The molecule has 8 nitrogen and oxygen atoms in total. The molecule has 4 N–H and O–H groups in total. The molecule has 3 rings (SSSR count). The van der Waals surface area contributed by atoms with E-state index in [-0.39, 0.29) is 28.5 Å². The Bertz CT molecular complexity index is 810. The Kier molecular flexibility index (Phi) is 3.98. The number of aromatic nitrogens is 5. The van der Waals surface area contributed by atoms with Crippen molar-refractivity contribution in [2.24, 2.45) is 0 Å². The number of anilines is 1. The number of aromatic amines is 1. The zero-order valence-corrected chi connectivity index (χ0v) is 12.9. The molecule has 118 valence electrons. The lowest BCUT2D eigenvalue weighted by Crippen LogP contribution is -2.27. The van der Waals surface area contributed by atoms with Crippen LogP contribution in [0.15, 0.2) is 36.9 Å². The van der Waals surface area contributed by atoms with Gasteiger partial charge in [-0.2, -0.15) is 10.2 Å². The molecule has 2 heterocycles. The minimum absolute atomic E-state index is 0.0988. The van der Waals surface area contributed by atoms with Crippen molar-refractivity contribution in [3.63, 3.8) is 0 Å². The average Bonchev–Trinajstić information content (AvgIpc) is 3.19. The molecule has 0 saturated heterocycles. The van der Waals surface area contributed by atoms with Crippen LogP contribution < -0.4 is 11.1 Å². The number of carbonyl (C=O) groups is 1. The Balaban J connectivity index is 1.72. The Labute approximate surface area is 136 Å². The van der Waals surface area contributed by atoms with E-state index >= 15 is 0 Å². The van der Waals surface area contributed by atoms with Crippen LogP contribution in [0.25, 0.3) is 5.69 Å². The number of nitrogens with zero attached hydrogens (tertiary/aromatic N) is 4. The van der Waals surface area contributed by atoms with E-state index in [0.29, 0.717) is 0 Å². The first-order valence-corrected chi connectivity index (χ1v) is 7.19. The number of hydrogen-bond donors (Lipinski definition) is 3. The lowest BCUT2D eigenvalue weighted by Gasteiger charge is -2.14. The summed E-state index contributed by atoms with van der Waals surface area (Å²) in [7, 11) is 0. The van der Waals surface area contributed by atoms with Gasteiger partial charge in [0, 0.05) is 0 Å². The number of carbonyl (C=O) groups excluding carboxylic acids is 1. The van der Waals surface area contributed by atoms with E-state index < -0.39 is 0 Å². The quantitative estimate of drug-likeness (QED) is 0.673. The van der Waals surface area contributed by atoms with Crippen LogP contribution in [-0.2, 0) is 0 Å². The second-order valence-corrected chi connectivity index (χ2v) is 5.30. The van der Waals surface area contributed by atoms with Crippen molar-refractivity contribution in [1.29, 1.82) is 0 Å². The predicted octanol–water partition coefficient (Wildman–Crippen LogP) is 1.72. The maximum Gasteiger partial charge on any atom is 0.271 e. The van der Waals surface area contributed by atoms with Crippen molar-refractivity contribution >= 4 is 23.3 Å². The lowest BCUT2D eigenvalue weighted by molar-refractivity contribution is 0.0935. The summed E-state index contributed by atoms with van der Waals surface area (Å²) in [5.74, 6) is -0.270. The zero-order chi connectivity index (χ0) is 16.4. The summed E-state index contributed by atoms with van der Waals surface area (Å²) < 4.78 is 1.65. The highest BCUT2D eigenvalue weighted by atomic mass is 35.5. The van der Waals surface area contributed by atoms with Gasteiger partial charge in [-0.05, 0) is 24.6 Å². The highest BCUT2D eigenvalue weighted by molar-refractivity contribution is 6.35. The second kappa shape index (κ2) is 6.09. The summed E-state index contributed by atoms with van der Waals surface area (Å²) in [6, 6.07) is 7.39. The SMILES string of the molecule is CC(NC(=O)c1[nH]nc(N)c1Cl)c1ccc(-n2cncn2)cc1. The zero-order valence-electron chi connectivity index (χ0n) is 12.2. The van der Waals surface area contributed by atoms with Crippen molar-refractivity contribution in [3.8, 4) is 5.69 Å². The number of hydrogen-bond acceptors (Lipinski definition) is 5. The van der Waals surface area contributed by atoms with Crippen LogP contribution in [0.2, 0.25) is 5.02 Å². The minimum atomic E-state index is -0.368. The molecule has 0 saturated carbocycles. The normalized spacial score (nSPS) is 12.1. The fraction of sp³-hybridized carbons (Fsp3) is 0.143. The highest BCUT2D eigenvalue weighted by Crippen LogP contribution is 2.21. The molecule has 0 aliphatic heterocycles. The number of nitrogens with one attached hydrogen (secondary N) is 2. The third-order valence-electron chi connectivity index (χ3n) is 3.38. The molecular weight excluding hydrogens is 318 g/mol. The number of benzene rings is 1. The van der Waals surface area contributed by atoms with Crippen molar-refractivity contribution < 1.29 is 4.79 Å². The average molecular weight is 332 g/mol. The summed E-state index contributed by atoms with van der Waals surface area (Å²) in [6.07, 6.45) is 3.08. The van der Waals surface area contributed by atoms with Crippen molar-refractivity contribution in [2.45, 2.75) is 13.0 Å². The smallest absolute Gasteiger partial charge is 0.271 e. The van der Waals surface area contributed by atoms with Gasteiger partial charge < -0.3 is 11.1 Å². The van der Waals surface area contributed by atoms with Gasteiger partial charge in [0.25, 0.3) is 5.91 Å². The van der Waals surface area contributed by atoms with Crippen molar-refractivity contribution in [3.05, 3.63) is 53.2 Å². The molecule has 1 unspecified atom stereocenters. The van der Waals surface area contributed by atoms with E-state index in [1.165, 1.54) is 6.33 Å². The van der Waals surface area contributed by atoms with E-state index in [4.69, 9.17) is 17.3 Å². The number of halogens is 1.